The molecule has 2 nitrogen and oxygen atoms in total. The third-order valence-corrected chi connectivity index (χ3v) is 8.47. The largest absolute Gasteiger partial charge is 0.309 e. The number of benzene rings is 7. The van der Waals surface area contributed by atoms with Crippen molar-refractivity contribution in [2.75, 3.05) is 0 Å². The molecule has 2 heterocycles. The van der Waals surface area contributed by atoms with Gasteiger partial charge in [0, 0.05) is 43.7 Å². The highest BCUT2D eigenvalue weighted by Crippen LogP contribution is 2.42. The van der Waals surface area contributed by atoms with Crippen molar-refractivity contribution in [3.05, 3.63) is 146 Å². The van der Waals surface area contributed by atoms with Gasteiger partial charge in [0.1, 0.15) is 0 Å². The van der Waals surface area contributed by atoms with E-state index in [1.165, 1.54) is 76.5 Å². The van der Waals surface area contributed by atoms with E-state index in [-0.39, 0.29) is 0 Å². The Bertz CT molecular complexity index is 2420. The molecule has 0 radical (unpaired) electrons. The molecule has 7 aromatic carbocycles. The highest BCUT2D eigenvalue weighted by molar-refractivity contribution is 6.26. The smallest absolute Gasteiger partial charge is 0.0620 e. The summed E-state index contributed by atoms with van der Waals surface area (Å²) < 4.78 is 4.89. The van der Waals surface area contributed by atoms with E-state index in [0.717, 1.165) is 0 Å². The van der Waals surface area contributed by atoms with Gasteiger partial charge < -0.3 is 9.13 Å². The Balaban J connectivity index is 1.49. The van der Waals surface area contributed by atoms with E-state index in [1.54, 1.807) is 0 Å². The molecule has 0 bridgehead atoms. The van der Waals surface area contributed by atoms with Crippen LogP contribution in [0, 0.1) is 0 Å². The maximum absolute atomic E-state index is 2.46. The molecule has 0 aliphatic rings. The molecule has 0 saturated heterocycles. The minimum atomic E-state index is 1.18. The van der Waals surface area contributed by atoms with E-state index in [2.05, 4.69) is 155 Å². The summed E-state index contributed by atoms with van der Waals surface area (Å²) in [7, 11) is 0. The summed E-state index contributed by atoms with van der Waals surface area (Å²) in [6.45, 7) is 0. The van der Waals surface area contributed by atoms with Gasteiger partial charge >= 0.3 is 0 Å². The zero-order valence-electron chi connectivity index (χ0n) is 21.8. The number of hydrogen-bond donors (Lipinski definition) is 0. The average molecular weight is 509 g/mol. The van der Waals surface area contributed by atoms with E-state index in [4.69, 9.17) is 0 Å². The SMILES string of the molecule is c1ccc(-n2c3ccccc3c3ccc4c(ccc5c6ccccc6n(-c6ccc7ccccc7c6)c54)c32)cc1. The number of rotatable bonds is 2. The molecule has 0 saturated carbocycles. The van der Waals surface area contributed by atoms with Crippen LogP contribution in [0.3, 0.4) is 0 Å². The highest BCUT2D eigenvalue weighted by atomic mass is 15.0. The zero-order chi connectivity index (χ0) is 26.2. The third-order valence-electron chi connectivity index (χ3n) is 8.47. The van der Waals surface area contributed by atoms with Crippen molar-refractivity contribution in [3.8, 4) is 11.4 Å². The van der Waals surface area contributed by atoms with Crippen molar-refractivity contribution < 1.29 is 0 Å². The topological polar surface area (TPSA) is 9.86 Å². The van der Waals surface area contributed by atoms with Gasteiger partial charge in [-0.3, -0.25) is 0 Å². The molecule has 0 spiro atoms. The predicted octanol–water partition coefficient (Wildman–Crippen LogP) is 10.2. The lowest BCUT2D eigenvalue weighted by Gasteiger charge is -2.13. The number of aromatic nitrogens is 2. The quantitative estimate of drug-likeness (QED) is 0.220. The fourth-order valence-corrected chi connectivity index (χ4v) is 6.75. The van der Waals surface area contributed by atoms with Crippen LogP contribution in [0.4, 0.5) is 0 Å². The summed E-state index contributed by atoms with van der Waals surface area (Å²) in [6.07, 6.45) is 0. The Morgan fingerprint density at radius 2 is 0.775 bits per heavy atom. The molecule has 0 unspecified atom stereocenters. The van der Waals surface area contributed by atoms with Crippen molar-refractivity contribution >= 4 is 65.2 Å². The minimum Gasteiger partial charge on any atom is -0.309 e. The predicted molar refractivity (Wildman–Crippen MR) is 170 cm³/mol. The molecular formula is C38H24N2. The average Bonchev–Trinajstić information content (AvgIpc) is 3.55. The van der Waals surface area contributed by atoms with Gasteiger partial charge in [0.15, 0.2) is 0 Å². The fraction of sp³-hybridized carbons (Fsp3) is 0. The van der Waals surface area contributed by atoms with E-state index in [0.29, 0.717) is 0 Å². The molecule has 40 heavy (non-hydrogen) atoms. The number of para-hydroxylation sites is 3. The van der Waals surface area contributed by atoms with Crippen LogP contribution in [0.2, 0.25) is 0 Å². The van der Waals surface area contributed by atoms with Gasteiger partial charge in [-0.05, 0) is 47.2 Å². The number of hydrogen-bond acceptors (Lipinski definition) is 0. The lowest BCUT2D eigenvalue weighted by Crippen LogP contribution is -1.96. The highest BCUT2D eigenvalue weighted by Gasteiger charge is 2.19. The summed E-state index contributed by atoms with van der Waals surface area (Å²) in [4.78, 5) is 0. The third kappa shape index (κ3) is 2.88. The summed E-state index contributed by atoms with van der Waals surface area (Å²) >= 11 is 0. The van der Waals surface area contributed by atoms with Gasteiger partial charge in [0.2, 0.25) is 0 Å². The van der Waals surface area contributed by atoms with E-state index < -0.39 is 0 Å². The van der Waals surface area contributed by atoms with E-state index >= 15 is 0 Å². The Kier molecular flexibility index (Phi) is 4.36. The van der Waals surface area contributed by atoms with Crippen molar-refractivity contribution in [2.45, 2.75) is 0 Å². The first-order valence-corrected chi connectivity index (χ1v) is 13.8. The lowest BCUT2D eigenvalue weighted by molar-refractivity contribution is 1.18. The van der Waals surface area contributed by atoms with Crippen LogP contribution in [-0.2, 0) is 0 Å². The Morgan fingerprint density at radius 1 is 0.300 bits per heavy atom. The lowest BCUT2D eigenvalue weighted by atomic mass is 10.0. The van der Waals surface area contributed by atoms with Crippen molar-refractivity contribution in [2.24, 2.45) is 0 Å². The minimum absolute atomic E-state index is 1.18. The molecule has 0 fully saturated rings. The van der Waals surface area contributed by atoms with Crippen molar-refractivity contribution in [1.82, 2.24) is 9.13 Å². The standard InChI is InChI=1S/C38H24N2/c1-2-12-27(13-3-1)39-35-16-8-6-14-29(35)31-20-23-34-33(37(31)39)22-21-32-30-15-7-9-17-36(30)40(38(32)34)28-19-18-25-10-4-5-11-26(25)24-28/h1-24H. The molecule has 9 rings (SSSR count). The Labute approximate surface area is 230 Å². The van der Waals surface area contributed by atoms with Gasteiger partial charge in [0.25, 0.3) is 0 Å². The summed E-state index contributed by atoms with van der Waals surface area (Å²) in [5, 5.41) is 10.1. The normalized spacial score (nSPS) is 12.0. The molecule has 0 aliphatic carbocycles. The second-order valence-corrected chi connectivity index (χ2v) is 10.6. The summed E-state index contributed by atoms with van der Waals surface area (Å²) in [5.41, 5.74) is 7.32. The van der Waals surface area contributed by atoms with Crippen LogP contribution in [0.15, 0.2) is 146 Å². The summed E-state index contributed by atoms with van der Waals surface area (Å²) in [6, 6.07) is 53.0. The molecule has 0 atom stereocenters. The molecule has 0 N–H and O–H groups in total. The molecule has 0 aliphatic heterocycles. The van der Waals surface area contributed by atoms with Gasteiger partial charge in [0.05, 0.1) is 22.1 Å². The molecule has 186 valence electrons. The second kappa shape index (κ2) is 8.08. The first-order chi connectivity index (χ1) is 19.9. The molecule has 2 heteroatoms. The Hall–Kier alpha value is -5.34. The molecule has 9 aromatic rings. The van der Waals surface area contributed by atoms with Crippen molar-refractivity contribution in [1.29, 1.82) is 0 Å². The van der Waals surface area contributed by atoms with E-state index in [9.17, 15) is 0 Å². The molecule has 0 amide bonds. The number of fused-ring (bicyclic) bond motifs is 10. The van der Waals surface area contributed by atoms with Gasteiger partial charge in [-0.2, -0.15) is 0 Å². The second-order valence-electron chi connectivity index (χ2n) is 10.6. The Morgan fingerprint density at radius 3 is 1.40 bits per heavy atom. The fourth-order valence-electron chi connectivity index (χ4n) is 6.75. The van der Waals surface area contributed by atoms with E-state index in [1.807, 2.05) is 0 Å². The maximum atomic E-state index is 2.46. The van der Waals surface area contributed by atoms with Crippen LogP contribution < -0.4 is 0 Å². The maximum Gasteiger partial charge on any atom is 0.0620 e. The van der Waals surface area contributed by atoms with Crippen molar-refractivity contribution in [3.63, 3.8) is 0 Å². The van der Waals surface area contributed by atoms with Gasteiger partial charge in [-0.15, -0.1) is 0 Å². The molecular weight excluding hydrogens is 484 g/mol. The monoisotopic (exact) mass is 508 g/mol. The van der Waals surface area contributed by atoms with Crippen LogP contribution in [0.5, 0.6) is 0 Å². The number of nitrogens with zero attached hydrogens (tertiary/aromatic N) is 2. The van der Waals surface area contributed by atoms with Crippen LogP contribution in [0.25, 0.3) is 76.5 Å². The van der Waals surface area contributed by atoms with Gasteiger partial charge in [-0.1, -0.05) is 109 Å². The van der Waals surface area contributed by atoms with Gasteiger partial charge in [-0.25, -0.2) is 0 Å². The van der Waals surface area contributed by atoms with Crippen LogP contribution in [-0.4, -0.2) is 9.13 Å². The van der Waals surface area contributed by atoms with Crippen LogP contribution in [0.1, 0.15) is 0 Å². The molecule has 2 aromatic heterocycles. The first kappa shape index (κ1) is 21.6. The summed E-state index contributed by atoms with van der Waals surface area (Å²) in [5.74, 6) is 0. The van der Waals surface area contributed by atoms with Crippen LogP contribution >= 0.6 is 0 Å². The first-order valence-electron chi connectivity index (χ1n) is 13.8. The zero-order valence-corrected chi connectivity index (χ0v) is 21.8.